The zero-order chi connectivity index (χ0) is 16.4. The molecule has 1 aliphatic heterocycles. The van der Waals surface area contributed by atoms with Crippen LogP contribution in [0, 0.1) is 0 Å². The maximum Gasteiger partial charge on any atom is 0.261 e. The summed E-state index contributed by atoms with van der Waals surface area (Å²) in [7, 11) is 0. The predicted molar refractivity (Wildman–Crippen MR) is 88.4 cm³/mol. The zero-order valence-corrected chi connectivity index (χ0v) is 13.3. The molecule has 1 aromatic carbocycles. The highest BCUT2D eigenvalue weighted by atomic mass is 16.5. The molecule has 3 rings (SSSR count). The molecule has 2 heterocycles. The minimum Gasteiger partial charge on any atom is -0.377 e. The van der Waals surface area contributed by atoms with E-state index in [1.807, 2.05) is 44.2 Å². The number of aromatic amines is 1. The summed E-state index contributed by atoms with van der Waals surface area (Å²) in [6.07, 6.45) is 0. The predicted octanol–water partition coefficient (Wildman–Crippen LogP) is 2.29. The van der Waals surface area contributed by atoms with Crippen LogP contribution in [0.15, 0.2) is 47.3 Å². The van der Waals surface area contributed by atoms with Gasteiger partial charge in [0.15, 0.2) is 0 Å². The fraction of sp³-hybridized carbons (Fsp3) is 0.333. The second-order valence-electron chi connectivity index (χ2n) is 6.30. The Morgan fingerprint density at radius 1 is 1.17 bits per heavy atom. The van der Waals surface area contributed by atoms with E-state index in [0.29, 0.717) is 25.5 Å². The van der Waals surface area contributed by atoms with Crippen LogP contribution >= 0.6 is 0 Å². The van der Waals surface area contributed by atoms with Crippen molar-refractivity contribution in [1.29, 1.82) is 0 Å². The number of carbonyl (C=O) groups excluding carboxylic acids is 1. The van der Waals surface area contributed by atoms with Crippen LogP contribution in [-0.4, -0.2) is 41.1 Å². The van der Waals surface area contributed by atoms with Crippen molar-refractivity contribution in [1.82, 2.24) is 9.88 Å². The van der Waals surface area contributed by atoms with Crippen molar-refractivity contribution >= 4 is 5.91 Å². The van der Waals surface area contributed by atoms with E-state index < -0.39 is 5.54 Å². The van der Waals surface area contributed by atoms with Gasteiger partial charge in [-0.15, -0.1) is 0 Å². The number of pyridine rings is 1. The summed E-state index contributed by atoms with van der Waals surface area (Å²) in [6.45, 7) is 5.34. The van der Waals surface area contributed by atoms with E-state index in [9.17, 15) is 9.59 Å². The zero-order valence-electron chi connectivity index (χ0n) is 13.3. The third-order valence-electron chi connectivity index (χ3n) is 4.12. The molecule has 0 radical (unpaired) electrons. The first-order valence-electron chi connectivity index (χ1n) is 7.67. The van der Waals surface area contributed by atoms with Gasteiger partial charge in [0.2, 0.25) is 0 Å². The van der Waals surface area contributed by atoms with Gasteiger partial charge in [-0.05, 0) is 31.5 Å². The molecule has 5 nitrogen and oxygen atoms in total. The largest absolute Gasteiger partial charge is 0.377 e. The molecule has 0 spiro atoms. The number of amides is 1. The molecular formula is C18H20N2O3. The molecule has 0 bridgehead atoms. The quantitative estimate of drug-likeness (QED) is 0.925. The number of hydrogen-bond donors (Lipinski definition) is 1. The van der Waals surface area contributed by atoms with E-state index in [4.69, 9.17) is 4.74 Å². The molecule has 1 aromatic heterocycles. The van der Waals surface area contributed by atoms with Gasteiger partial charge in [0.05, 0.1) is 18.8 Å². The molecule has 1 N–H and O–H groups in total. The van der Waals surface area contributed by atoms with Crippen molar-refractivity contribution in [3.05, 3.63) is 58.4 Å². The van der Waals surface area contributed by atoms with Crippen molar-refractivity contribution in [3.63, 3.8) is 0 Å². The second-order valence-corrected chi connectivity index (χ2v) is 6.30. The van der Waals surface area contributed by atoms with E-state index in [1.165, 1.54) is 0 Å². The Hall–Kier alpha value is -2.40. The lowest BCUT2D eigenvalue weighted by atomic mass is 10.0. The van der Waals surface area contributed by atoms with Crippen LogP contribution in [0.2, 0.25) is 0 Å². The highest BCUT2D eigenvalue weighted by molar-refractivity contribution is 5.94. The third-order valence-corrected chi connectivity index (χ3v) is 4.12. The molecule has 1 amide bonds. The van der Waals surface area contributed by atoms with E-state index >= 15 is 0 Å². The minimum absolute atomic E-state index is 0.166. The second kappa shape index (κ2) is 6.01. The molecule has 0 atom stereocenters. The van der Waals surface area contributed by atoms with Crippen LogP contribution in [0.1, 0.15) is 24.2 Å². The Balaban J connectivity index is 1.92. The molecule has 0 unspecified atom stereocenters. The Bertz CT molecular complexity index is 765. The van der Waals surface area contributed by atoms with Gasteiger partial charge in [0.25, 0.3) is 11.5 Å². The molecular weight excluding hydrogens is 292 g/mol. The van der Waals surface area contributed by atoms with Crippen molar-refractivity contribution in [2.45, 2.75) is 19.4 Å². The number of nitrogens with zero attached hydrogens (tertiary/aromatic N) is 1. The number of rotatable bonds is 2. The molecule has 1 saturated heterocycles. The van der Waals surface area contributed by atoms with Gasteiger partial charge in [0, 0.05) is 12.2 Å². The summed E-state index contributed by atoms with van der Waals surface area (Å²) >= 11 is 0. The molecule has 0 aliphatic carbocycles. The number of hydrogen-bond acceptors (Lipinski definition) is 3. The summed E-state index contributed by atoms with van der Waals surface area (Å²) in [5.41, 5.74) is 1.00. The van der Waals surface area contributed by atoms with Crippen molar-refractivity contribution in [3.8, 4) is 11.3 Å². The van der Waals surface area contributed by atoms with E-state index in [1.54, 1.807) is 17.0 Å². The Kier molecular flexibility index (Phi) is 4.05. The molecule has 23 heavy (non-hydrogen) atoms. The average Bonchev–Trinajstić information content (AvgIpc) is 2.54. The fourth-order valence-electron chi connectivity index (χ4n) is 2.81. The van der Waals surface area contributed by atoms with Crippen LogP contribution in [0.25, 0.3) is 11.3 Å². The van der Waals surface area contributed by atoms with E-state index in [2.05, 4.69) is 4.98 Å². The SMILES string of the molecule is CC1(C)COCCN1C(=O)c1ccc(-c2ccccc2)[nH]c1=O. The first-order valence-corrected chi connectivity index (χ1v) is 7.67. The molecule has 120 valence electrons. The van der Waals surface area contributed by atoms with Crippen LogP contribution in [0.3, 0.4) is 0 Å². The number of ether oxygens (including phenoxy) is 1. The summed E-state index contributed by atoms with van der Waals surface area (Å²) in [5, 5.41) is 0. The fourth-order valence-corrected chi connectivity index (χ4v) is 2.81. The normalized spacial score (nSPS) is 17.0. The summed E-state index contributed by atoms with van der Waals surface area (Å²) in [4.78, 5) is 29.6. The lowest BCUT2D eigenvalue weighted by Crippen LogP contribution is -2.56. The van der Waals surface area contributed by atoms with Crippen molar-refractivity contribution < 1.29 is 9.53 Å². The molecule has 1 fully saturated rings. The summed E-state index contributed by atoms with van der Waals surface area (Å²) in [6, 6.07) is 12.9. The van der Waals surface area contributed by atoms with Crippen LogP contribution in [-0.2, 0) is 4.74 Å². The monoisotopic (exact) mass is 312 g/mol. The van der Waals surface area contributed by atoms with Gasteiger partial charge in [0.1, 0.15) is 5.56 Å². The van der Waals surface area contributed by atoms with E-state index in [0.717, 1.165) is 5.56 Å². The topological polar surface area (TPSA) is 62.4 Å². The van der Waals surface area contributed by atoms with Crippen LogP contribution in [0.4, 0.5) is 0 Å². The van der Waals surface area contributed by atoms with Crippen molar-refractivity contribution in [2.75, 3.05) is 19.8 Å². The van der Waals surface area contributed by atoms with Crippen molar-refractivity contribution in [2.24, 2.45) is 0 Å². The maximum atomic E-state index is 12.7. The van der Waals surface area contributed by atoms with Crippen LogP contribution < -0.4 is 5.56 Å². The number of aromatic nitrogens is 1. The third kappa shape index (κ3) is 3.05. The van der Waals surface area contributed by atoms with Gasteiger partial charge < -0.3 is 14.6 Å². The van der Waals surface area contributed by atoms with Gasteiger partial charge in [-0.25, -0.2) is 0 Å². The molecule has 5 heteroatoms. The van der Waals surface area contributed by atoms with Crippen LogP contribution in [0.5, 0.6) is 0 Å². The molecule has 1 aliphatic rings. The highest BCUT2D eigenvalue weighted by Gasteiger charge is 2.35. The first kappa shape index (κ1) is 15.5. The number of benzene rings is 1. The molecule has 2 aromatic rings. The number of H-pyrrole nitrogens is 1. The molecule has 0 saturated carbocycles. The standard InChI is InChI=1S/C18H20N2O3/c1-18(2)12-23-11-10-20(18)17(22)14-8-9-15(19-16(14)21)13-6-4-3-5-7-13/h3-9H,10-12H2,1-2H3,(H,19,21). The first-order chi connectivity index (χ1) is 11.0. The highest BCUT2D eigenvalue weighted by Crippen LogP contribution is 2.21. The minimum atomic E-state index is -0.417. The van der Waals surface area contributed by atoms with Gasteiger partial charge >= 0.3 is 0 Å². The Labute approximate surface area is 134 Å². The summed E-state index contributed by atoms with van der Waals surface area (Å²) < 4.78 is 5.43. The van der Waals surface area contributed by atoms with Gasteiger partial charge in [-0.2, -0.15) is 0 Å². The smallest absolute Gasteiger partial charge is 0.261 e. The number of morpholine rings is 1. The lowest BCUT2D eigenvalue weighted by molar-refractivity contribution is -0.0371. The summed E-state index contributed by atoms with van der Waals surface area (Å²) in [5.74, 6) is -0.251. The van der Waals surface area contributed by atoms with Gasteiger partial charge in [-0.3, -0.25) is 9.59 Å². The maximum absolute atomic E-state index is 12.7. The van der Waals surface area contributed by atoms with E-state index in [-0.39, 0.29) is 17.0 Å². The number of nitrogens with one attached hydrogen (secondary N) is 1. The average molecular weight is 312 g/mol. The number of carbonyl (C=O) groups is 1. The Morgan fingerprint density at radius 2 is 1.91 bits per heavy atom. The Morgan fingerprint density at radius 3 is 2.57 bits per heavy atom. The lowest BCUT2D eigenvalue weighted by Gasteiger charge is -2.42. The van der Waals surface area contributed by atoms with Gasteiger partial charge in [-0.1, -0.05) is 30.3 Å².